The summed E-state index contributed by atoms with van der Waals surface area (Å²) in [4.78, 5) is 4.72. The Balaban J connectivity index is 1.10. The van der Waals surface area contributed by atoms with E-state index in [0.717, 1.165) is 28.4 Å². The molecule has 0 amide bonds. The maximum atomic E-state index is 2.41. The van der Waals surface area contributed by atoms with E-state index in [0.29, 0.717) is 0 Å². The highest BCUT2D eigenvalue weighted by atomic mass is 15.2. The summed E-state index contributed by atoms with van der Waals surface area (Å²) in [6, 6.07) is 51.7. The predicted molar refractivity (Wildman–Crippen MR) is 201 cm³/mol. The SMILES string of the molecule is C1=CC2=C(N(c3ccccc3)c3ccccc3)C=CC3=CC=C4C(c5ccc(N(c6ccccc6)c6ccccc6)cc5)=CC=C1C4C32. The molecule has 4 aliphatic rings. The van der Waals surface area contributed by atoms with Gasteiger partial charge in [-0.25, -0.2) is 0 Å². The van der Waals surface area contributed by atoms with Crippen LogP contribution in [0.4, 0.5) is 28.4 Å². The molecule has 5 aromatic rings. The number of anilines is 5. The summed E-state index contributed by atoms with van der Waals surface area (Å²) < 4.78 is 0. The van der Waals surface area contributed by atoms with Crippen molar-refractivity contribution in [2.45, 2.75) is 0 Å². The minimum Gasteiger partial charge on any atom is -0.311 e. The van der Waals surface area contributed by atoms with Crippen molar-refractivity contribution < 1.29 is 0 Å². The Morgan fingerprint density at radius 3 is 1.38 bits per heavy atom. The fourth-order valence-electron chi connectivity index (χ4n) is 7.70. The standard InChI is InChI=1S/C46H34N2/c1-5-13-36(14-6-1)47(37-15-7-2-8-16-37)40-27-21-33(22-28-40)41-29-23-34-25-31-43-44(32-26-35-24-30-42(41)45(34)46(35)43)48(38-17-9-3-10-18-38)39-19-11-4-12-20-39/h1-32,45-46H. The van der Waals surface area contributed by atoms with Gasteiger partial charge in [-0.2, -0.15) is 0 Å². The summed E-state index contributed by atoms with van der Waals surface area (Å²) in [7, 11) is 0. The third-order valence-corrected chi connectivity index (χ3v) is 9.85. The molecular formula is C46H34N2. The van der Waals surface area contributed by atoms with Crippen molar-refractivity contribution in [3.05, 3.63) is 228 Å². The van der Waals surface area contributed by atoms with Crippen LogP contribution in [0.1, 0.15) is 5.56 Å². The molecule has 2 unspecified atom stereocenters. The molecular weight excluding hydrogens is 581 g/mol. The van der Waals surface area contributed by atoms with Gasteiger partial charge in [-0.1, -0.05) is 127 Å². The molecule has 0 heterocycles. The molecule has 5 aromatic carbocycles. The molecule has 0 radical (unpaired) electrons. The highest BCUT2D eigenvalue weighted by molar-refractivity contribution is 5.87. The largest absolute Gasteiger partial charge is 0.311 e. The summed E-state index contributed by atoms with van der Waals surface area (Å²) in [5, 5.41) is 0. The average Bonchev–Trinajstić information content (AvgIpc) is 3.16. The van der Waals surface area contributed by atoms with Gasteiger partial charge in [-0.15, -0.1) is 0 Å². The lowest BCUT2D eigenvalue weighted by Crippen LogP contribution is -2.32. The van der Waals surface area contributed by atoms with E-state index in [1.165, 1.54) is 39.1 Å². The van der Waals surface area contributed by atoms with Gasteiger partial charge in [0.1, 0.15) is 0 Å². The number of para-hydroxylation sites is 4. The molecule has 0 fully saturated rings. The minimum atomic E-state index is 0.255. The third-order valence-electron chi connectivity index (χ3n) is 9.85. The van der Waals surface area contributed by atoms with Crippen LogP contribution in [0.3, 0.4) is 0 Å². The quantitative estimate of drug-likeness (QED) is 0.180. The number of benzene rings is 5. The summed E-state index contributed by atoms with van der Waals surface area (Å²) in [6.07, 6.45) is 18.7. The Morgan fingerprint density at radius 1 is 0.354 bits per heavy atom. The zero-order chi connectivity index (χ0) is 31.9. The first-order valence-corrected chi connectivity index (χ1v) is 16.7. The Labute approximate surface area is 282 Å². The topological polar surface area (TPSA) is 6.48 Å². The molecule has 0 N–H and O–H groups in total. The van der Waals surface area contributed by atoms with Crippen LogP contribution in [0.2, 0.25) is 0 Å². The fraction of sp³-hybridized carbons (Fsp3) is 0.0435. The van der Waals surface area contributed by atoms with Gasteiger partial charge in [0, 0.05) is 46.0 Å². The maximum absolute atomic E-state index is 2.41. The molecule has 0 aromatic heterocycles. The van der Waals surface area contributed by atoms with Crippen LogP contribution < -0.4 is 9.80 Å². The van der Waals surface area contributed by atoms with E-state index in [4.69, 9.17) is 0 Å². The van der Waals surface area contributed by atoms with Crippen molar-refractivity contribution in [1.29, 1.82) is 0 Å². The van der Waals surface area contributed by atoms with Gasteiger partial charge in [0.25, 0.3) is 0 Å². The monoisotopic (exact) mass is 614 g/mol. The first-order chi connectivity index (χ1) is 23.8. The van der Waals surface area contributed by atoms with Crippen molar-refractivity contribution in [3.63, 3.8) is 0 Å². The normalized spacial score (nSPS) is 18.7. The van der Waals surface area contributed by atoms with Crippen molar-refractivity contribution >= 4 is 34.0 Å². The lowest BCUT2D eigenvalue weighted by Gasteiger charge is -2.43. The van der Waals surface area contributed by atoms with E-state index >= 15 is 0 Å². The second kappa shape index (κ2) is 11.9. The van der Waals surface area contributed by atoms with Gasteiger partial charge < -0.3 is 9.80 Å². The maximum Gasteiger partial charge on any atom is 0.0500 e. The van der Waals surface area contributed by atoms with E-state index in [9.17, 15) is 0 Å². The van der Waals surface area contributed by atoms with Crippen LogP contribution in [0.25, 0.3) is 5.57 Å². The number of allylic oxidation sites excluding steroid dienone is 13. The Bertz CT molecular complexity index is 2120. The number of nitrogens with zero attached hydrogens (tertiary/aromatic N) is 2. The van der Waals surface area contributed by atoms with Crippen LogP contribution in [-0.4, -0.2) is 0 Å². The highest BCUT2D eigenvalue weighted by Gasteiger charge is 2.41. The van der Waals surface area contributed by atoms with Crippen LogP contribution in [0, 0.1) is 11.8 Å². The van der Waals surface area contributed by atoms with E-state index in [1.54, 1.807) is 0 Å². The van der Waals surface area contributed by atoms with Crippen LogP contribution in [-0.2, 0) is 0 Å². The number of hydrogen-bond acceptors (Lipinski definition) is 2. The summed E-state index contributed by atoms with van der Waals surface area (Å²) in [5.74, 6) is 0.522. The zero-order valence-corrected chi connectivity index (χ0v) is 26.5. The smallest absolute Gasteiger partial charge is 0.0500 e. The molecule has 48 heavy (non-hydrogen) atoms. The molecule has 0 aliphatic heterocycles. The van der Waals surface area contributed by atoms with Crippen molar-refractivity contribution in [2.24, 2.45) is 11.8 Å². The zero-order valence-electron chi connectivity index (χ0n) is 26.5. The molecule has 228 valence electrons. The summed E-state index contributed by atoms with van der Waals surface area (Å²) in [6.45, 7) is 0. The Hall–Kier alpha value is -6.12. The van der Waals surface area contributed by atoms with Crippen LogP contribution in [0.15, 0.2) is 222 Å². The summed E-state index contributed by atoms with van der Waals surface area (Å²) in [5.41, 5.74) is 15.0. The molecule has 9 rings (SSSR count). The minimum absolute atomic E-state index is 0.255. The lowest BCUT2D eigenvalue weighted by molar-refractivity contribution is 0.562. The number of rotatable bonds is 7. The van der Waals surface area contributed by atoms with Gasteiger partial charge >= 0.3 is 0 Å². The van der Waals surface area contributed by atoms with E-state index < -0.39 is 0 Å². The van der Waals surface area contributed by atoms with Crippen molar-refractivity contribution in [3.8, 4) is 0 Å². The van der Waals surface area contributed by atoms with E-state index in [1.807, 2.05) is 0 Å². The van der Waals surface area contributed by atoms with Crippen molar-refractivity contribution in [1.82, 2.24) is 0 Å². The molecule has 0 saturated carbocycles. The second-order valence-electron chi connectivity index (χ2n) is 12.6. The highest BCUT2D eigenvalue weighted by Crippen LogP contribution is 2.54. The molecule has 0 bridgehead atoms. The van der Waals surface area contributed by atoms with Gasteiger partial charge in [-0.3, -0.25) is 0 Å². The molecule has 2 nitrogen and oxygen atoms in total. The predicted octanol–water partition coefficient (Wildman–Crippen LogP) is 11.8. The first kappa shape index (κ1) is 28.1. The summed E-state index contributed by atoms with van der Waals surface area (Å²) >= 11 is 0. The lowest BCUT2D eigenvalue weighted by atomic mass is 9.62. The van der Waals surface area contributed by atoms with Gasteiger partial charge in [0.2, 0.25) is 0 Å². The van der Waals surface area contributed by atoms with Gasteiger partial charge in [0.05, 0.1) is 0 Å². The van der Waals surface area contributed by atoms with E-state index in [2.05, 4.69) is 204 Å². The molecule has 0 spiro atoms. The molecule has 2 heteroatoms. The second-order valence-corrected chi connectivity index (χ2v) is 12.6. The Morgan fingerprint density at radius 2 is 0.812 bits per heavy atom. The van der Waals surface area contributed by atoms with Crippen molar-refractivity contribution in [2.75, 3.05) is 9.80 Å². The first-order valence-electron chi connectivity index (χ1n) is 16.7. The Kier molecular flexibility index (Phi) is 6.98. The molecule has 2 atom stereocenters. The average molecular weight is 615 g/mol. The molecule has 0 saturated heterocycles. The van der Waals surface area contributed by atoms with Gasteiger partial charge in [-0.05, 0) is 100 Å². The third kappa shape index (κ3) is 4.82. The number of hydrogen-bond donors (Lipinski definition) is 0. The van der Waals surface area contributed by atoms with Gasteiger partial charge in [0.15, 0.2) is 0 Å². The van der Waals surface area contributed by atoms with E-state index in [-0.39, 0.29) is 11.8 Å². The van der Waals surface area contributed by atoms with Crippen LogP contribution >= 0.6 is 0 Å². The van der Waals surface area contributed by atoms with Crippen LogP contribution in [0.5, 0.6) is 0 Å². The fourth-order valence-corrected chi connectivity index (χ4v) is 7.70. The molecule has 4 aliphatic carbocycles.